The number of hydrogen-bond acceptors (Lipinski definition) is 3. The maximum atomic E-state index is 13.0. The molecule has 0 bridgehead atoms. The summed E-state index contributed by atoms with van der Waals surface area (Å²) in [6, 6.07) is 2.77. The van der Waals surface area contributed by atoms with Crippen LogP contribution in [-0.4, -0.2) is 23.3 Å². The Labute approximate surface area is 164 Å². The molecule has 0 fully saturated rings. The molecule has 1 aromatic rings. The molecule has 0 saturated carbocycles. The van der Waals surface area contributed by atoms with Gasteiger partial charge < -0.3 is 15.2 Å². The first-order valence-corrected chi connectivity index (χ1v) is 10.1. The highest BCUT2D eigenvalue weighted by Gasteiger charge is 2.32. The Morgan fingerprint density at radius 1 is 1.04 bits per heavy atom. The quantitative estimate of drug-likeness (QED) is 0.481. The van der Waals surface area contributed by atoms with Gasteiger partial charge in [-0.1, -0.05) is 74.1 Å². The van der Waals surface area contributed by atoms with Gasteiger partial charge in [-0.15, -0.1) is 0 Å². The lowest BCUT2D eigenvalue weighted by molar-refractivity contribution is -0.109. The van der Waals surface area contributed by atoms with Gasteiger partial charge in [0.15, 0.2) is 0 Å². The van der Waals surface area contributed by atoms with E-state index < -0.39 is 6.04 Å². The van der Waals surface area contributed by atoms with Crippen LogP contribution in [0.2, 0.25) is 0 Å². The Balaban J connectivity index is 3.21. The predicted octanol–water partition coefficient (Wildman–Crippen LogP) is 5.25. The Kier molecular flexibility index (Phi) is 8.06. The van der Waals surface area contributed by atoms with E-state index in [1.165, 1.54) is 0 Å². The van der Waals surface area contributed by atoms with Gasteiger partial charge in [0.25, 0.3) is 5.91 Å². The lowest BCUT2D eigenvalue weighted by Crippen LogP contribution is -2.38. The van der Waals surface area contributed by atoms with Crippen LogP contribution in [0.4, 0.5) is 0 Å². The first-order valence-electron chi connectivity index (χ1n) is 10.1. The molecule has 0 spiro atoms. The van der Waals surface area contributed by atoms with Gasteiger partial charge in [-0.25, -0.2) is 0 Å². The molecule has 0 heterocycles. The summed E-state index contributed by atoms with van der Waals surface area (Å²) in [6.45, 7) is 14.3. The number of amides is 1. The van der Waals surface area contributed by atoms with Gasteiger partial charge in [-0.2, -0.15) is 0 Å². The Morgan fingerprint density at radius 3 is 2.11 bits per heavy atom. The van der Waals surface area contributed by atoms with E-state index in [1.54, 1.807) is 12.1 Å². The molecular weight excluding hydrogens is 338 g/mol. The van der Waals surface area contributed by atoms with Crippen LogP contribution in [-0.2, 0) is 15.6 Å². The summed E-state index contributed by atoms with van der Waals surface area (Å²) < 4.78 is 0. The molecule has 0 aliphatic heterocycles. The van der Waals surface area contributed by atoms with Crippen LogP contribution in [0.5, 0.6) is 5.75 Å². The summed E-state index contributed by atoms with van der Waals surface area (Å²) in [6.07, 6.45) is 5.75. The molecule has 0 aromatic heterocycles. The summed E-state index contributed by atoms with van der Waals surface area (Å²) >= 11 is 0. The zero-order chi connectivity index (χ0) is 20.8. The van der Waals surface area contributed by atoms with Gasteiger partial charge in [0.2, 0.25) is 0 Å². The van der Waals surface area contributed by atoms with Crippen LogP contribution in [0.1, 0.15) is 102 Å². The number of phenolic OH excluding ortho intramolecular Hbond substituents is 1. The van der Waals surface area contributed by atoms with Gasteiger partial charge in [0.05, 0.1) is 6.04 Å². The van der Waals surface area contributed by atoms with Crippen LogP contribution in [0, 0.1) is 0 Å². The predicted molar refractivity (Wildman–Crippen MR) is 112 cm³/mol. The van der Waals surface area contributed by atoms with E-state index >= 15 is 0 Å². The number of hydrogen-bond donors (Lipinski definition) is 2. The number of phenols is 1. The topological polar surface area (TPSA) is 66.4 Å². The van der Waals surface area contributed by atoms with Crippen molar-refractivity contribution in [2.45, 2.75) is 97.4 Å². The Hall–Kier alpha value is -1.84. The van der Waals surface area contributed by atoms with Crippen molar-refractivity contribution in [2.24, 2.45) is 0 Å². The maximum Gasteiger partial charge on any atom is 0.252 e. The van der Waals surface area contributed by atoms with Crippen molar-refractivity contribution >= 4 is 12.2 Å². The van der Waals surface area contributed by atoms with Crippen molar-refractivity contribution in [2.75, 3.05) is 0 Å². The van der Waals surface area contributed by atoms with Crippen LogP contribution >= 0.6 is 0 Å². The number of carbonyl (C=O) groups excluding carboxylic acids is 2. The standard InChI is InChI=1S/C23H37NO3/c1-8-9-10-11-12-16(15-25)24-21(27)17-13-14-18(26)20(23(5,6)7)19(17)22(2,3)4/h13-16,26H,8-12H2,1-7H3,(H,24,27). The van der Waals surface area contributed by atoms with E-state index in [-0.39, 0.29) is 22.5 Å². The normalized spacial score (nSPS) is 13.3. The molecule has 1 unspecified atom stereocenters. The molecule has 0 aliphatic rings. The smallest absolute Gasteiger partial charge is 0.252 e. The highest BCUT2D eigenvalue weighted by molar-refractivity contribution is 5.98. The van der Waals surface area contributed by atoms with Crippen LogP contribution in [0.3, 0.4) is 0 Å². The lowest BCUT2D eigenvalue weighted by Gasteiger charge is -2.32. The number of unbranched alkanes of at least 4 members (excludes halogenated alkanes) is 3. The van der Waals surface area contributed by atoms with E-state index in [9.17, 15) is 14.7 Å². The monoisotopic (exact) mass is 375 g/mol. The van der Waals surface area contributed by atoms with Crippen molar-refractivity contribution < 1.29 is 14.7 Å². The minimum atomic E-state index is -0.478. The van der Waals surface area contributed by atoms with Crippen molar-refractivity contribution in [1.29, 1.82) is 0 Å². The molecule has 4 nitrogen and oxygen atoms in total. The third-order valence-electron chi connectivity index (χ3n) is 4.78. The van der Waals surface area contributed by atoms with Gasteiger partial charge in [0, 0.05) is 11.1 Å². The van der Waals surface area contributed by atoms with Crippen molar-refractivity contribution in [3.63, 3.8) is 0 Å². The molecule has 27 heavy (non-hydrogen) atoms. The van der Waals surface area contributed by atoms with E-state index in [0.29, 0.717) is 12.0 Å². The fourth-order valence-corrected chi connectivity index (χ4v) is 3.53. The molecule has 1 amide bonds. The van der Waals surface area contributed by atoms with Crippen molar-refractivity contribution in [3.8, 4) is 5.75 Å². The van der Waals surface area contributed by atoms with Gasteiger partial charge in [0.1, 0.15) is 12.0 Å². The third-order valence-corrected chi connectivity index (χ3v) is 4.78. The highest BCUT2D eigenvalue weighted by atomic mass is 16.3. The zero-order valence-corrected chi connectivity index (χ0v) is 18.1. The average molecular weight is 376 g/mol. The van der Waals surface area contributed by atoms with Crippen molar-refractivity contribution in [3.05, 3.63) is 28.8 Å². The molecule has 4 heteroatoms. The largest absolute Gasteiger partial charge is 0.508 e. The van der Waals surface area contributed by atoms with Crippen molar-refractivity contribution in [1.82, 2.24) is 5.32 Å². The van der Waals surface area contributed by atoms with Gasteiger partial charge in [-0.3, -0.25) is 4.79 Å². The molecule has 1 rings (SSSR count). The molecule has 0 aliphatic carbocycles. The minimum Gasteiger partial charge on any atom is -0.508 e. The molecule has 1 aromatic carbocycles. The SMILES string of the molecule is CCCCCCC(C=O)NC(=O)c1ccc(O)c(C(C)(C)C)c1C(C)(C)C. The lowest BCUT2D eigenvalue weighted by atomic mass is 9.72. The first-order chi connectivity index (χ1) is 12.4. The molecule has 1 atom stereocenters. The summed E-state index contributed by atoms with van der Waals surface area (Å²) in [5, 5.41) is 13.4. The van der Waals surface area contributed by atoms with E-state index in [1.807, 2.05) is 41.5 Å². The Bertz CT molecular complexity index is 651. The fourth-order valence-electron chi connectivity index (χ4n) is 3.53. The number of benzene rings is 1. The van der Waals surface area contributed by atoms with Gasteiger partial charge in [-0.05, 0) is 34.9 Å². The molecule has 152 valence electrons. The second-order valence-electron chi connectivity index (χ2n) is 9.45. The van der Waals surface area contributed by atoms with Crippen LogP contribution in [0.15, 0.2) is 12.1 Å². The van der Waals surface area contributed by atoms with Gasteiger partial charge >= 0.3 is 0 Å². The van der Waals surface area contributed by atoms with Crippen LogP contribution < -0.4 is 5.32 Å². The van der Waals surface area contributed by atoms with E-state index in [0.717, 1.165) is 43.1 Å². The average Bonchev–Trinajstić information content (AvgIpc) is 2.55. The molecule has 0 saturated heterocycles. The number of nitrogens with one attached hydrogen (secondary N) is 1. The van der Waals surface area contributed by atoms with E-state index in [4.69, 9.17) is 0 Å². The number of rotatable bonds is 8. The second-order valence-corrected chi connectivity index (χ2v) is 9.45. The Morgan fingerprint density at radius 2 is 1.63 bits per heavy atom. The number of aldehydes is 1. The molecular formula is C23H37NO3. The maximum absolute atomic E-state index is 13.0. The molecule has 0 radical (unpaired) electrons. The van der Waals surface area contributed by atoms with E-state index in [2.05, 4.69) is 12.2 Å². The molecule has 2 N–H and O–H groups in total. The number of carbonyl (C=O) groups is 2. The summed E-state index contributed by atoms with van der Waals surface area (Å²) in [4.78, 5) is 24.5. The van der Waals surface area contributed by atoms with Crippen LogP contribution in [0.25, 0.3) is 0 Å². The summed E-state index contributed by atoms with van der Waals surface area (Å²) in [7, 11) is 0. The third kappa shape index (κ3) is 6.37. The summed E-state index contributed by atoms with van der Waals surface area (Å²) in [5.74, 6) is -0.0477. The number of aromatic hydroxyl groups is 1. The fraction of sp³-hybridized carbons (Fsp3) is 0.652. The minimum absolute atomic E-state index is 0.204. The first kappa shape index (κ1) is 23.2. The highest BCUT2D eigenvalue weighted by Crippen LogP contribution is 2.41. The zero-order valence-electron chi connectivity index (χ0n) is 18.1. The second kappa shape index (κ2) is 9.38. The summed E-state index contributed by atoms with van der Waals surface area (Å²) in [5.41, 5.74) is 1.51.